The summed E-state index contributed by atoms with van der Waals surface area (Å²) in [7, 11) is 1.65. The van der Waals surface area contributed by atoms with Crippen molar-refractivity contribution in [2.24, 2.45) is 0 Å². The van der Waals surface area contributed by atoms with E-state index in [4.69, 9.17) is 9.15 Å². The molecule has 140 valence electrons. The monoisotopic (exact) mass is 363 g/mol. The molecule has 0 saturated carbocycles. The van der Waals surface area contributed by atoms with Gasteiger partial charge in [-0.05, 0) is 17.2 Å². The Morgan fingerprint density at radius 3 is 2.15 bits per heavy atom. The fourth-order valence-corrected chi connectivity index (χ4v) is 3.20. The van der Waals surface area contributed by atoms with Crippen LogP contribution < -0.4 is 0 Å². The second-order valence-electron chi connectivity index (χ2n) is 6.52. The third-order valence-corrected chi connectivity index (χ3v) is 4.65. The molecular weight excluding hydrogens is 338 g/mol. The van der Waals surface area contributed by atoms with Gasteiger partial charge >= 0.3 is 0 Å². The SMILES string of the molecule is COCCN(Cc1ccoc1)C(=O)CC(c1ccccc1)c1ccccc1. The zero-order valence-corrected chi connectivity index (χ0v) is 15.6. The van der Waals surface area contributed by atoms with Gasteiger partial charge < -0.3 is 14.1 Å². The van der Waals surface area contributed by atoms with E-state index in [1.165, 1.54) is 0 Å². The van der Waals surface area contributed by atoms with Crippen molar-refractivity contribution in [2.45, 2.75) is 18.9 Å². The maximum absolute atomic E-state index is 13.2. The highest BCUT2D eigenvalue weighted by Gasteiger charge is 2.22. The fourth-order valence-electron chi connectivity index (χ4n) is 3.20. The molecule has 0 radical (unpaired) electrons. The topological polar surface area (TPSA) is 42.7 Å². The molecule has 0 bridgehead atoms. The van der Waals surface area contributed by atoms with Gasteiger partial charge in [-0.15, -0.1) is 0 Å². The molecule has 1 heterocycles. The Bertz CT molecular complexity index is 761. The van der Waals surface area contributed by atoms with Gasteiger partial charge in [0.05, 0.1) is 19.1 Å². The minimum atomic E-state index is 0.0225. The van der Waals surface area contributed by atoms with Gasteiger partial charge in [-0.1, -0.05) is 60.7 Å². The molecule has 0 fully saturated rings. The van der Waals surface area contributed by atoms with E-state index >= 15 is 0 Å². The third kappa shape index (κ3) is 5.31. The number of carbonyl (C=O) groups excluding carboxylic acids is 1. The van der Waals surface area contributed by atoms with Crippen molar-refractivity contribution in [1.29, 1.82) is 0 Å². The summed E-state index contributed by atoms with van der Waals surface area (Å²) < 4.78 is 10.3. The van der Waals surface area contributed by atoms with Gasteiger partial charge in [0.2, 0.25) is 5.91 Å². The number of hydrogen-bond acceptors (Lipinski definition) is 3. The lowest BCUT2D eigenvalue weighted by molar-refractivity contribution is -0.132. The van der Waals surface area contributed by atoms with Crippen LogP contribution in [0.4, 0.5) is 0 Å². The molecule has 2 aromatic carbocycles. The Hall–Kier alpha value is -2.85. The lowest BCUT2D eigenvalue weighted by Crippen LogP contribution is -2.34. The van der Waals surface area contributed by atoms with Crippen LogP contribution in [0.2, 0.25) is 0 Å². The largest absolute Gasteiger partial charge is 0.472 e. The summed E-state index contributed by atoms with van der Waals surface area (Å²) in [5.74, 6) is 0.125. The molecule has 0 N–H and O–H groups in total. The van der Waals surface area contributed by atoms with Crippen molar-refractivity contribution in [2.75, 3.05) is 20.3 Å². The predicted molar refractivity (Wildman–Crippen MR) is 105 cm³/mol. The number of ether oxygens (including phenoxy) is 1. The van der Waals surface area contributed by atoms with Gasteiger partial charge in [0.25, 0.3) is 0 Å². The number of benzene rings is 2. The van der Waals surface area contributed by atoms with Crippen LogP contribution in [0.15, 0.2) is 83.7 Å². The molecule has 0 unspecified atom stereocenters. The highest BCUT2D eigenvalue weighted by molar-refractivity contribution is 5.77. The highest BCUT2D eigenvalue weighted by atomic mass is 16.5. The van der Waals surface area contributed by atoms with E-state index in [1.807, 2.05) is 47.4 Å². The average Bonchev–Trinajstić information content (AvgIpc) is 3.23. The fraction of sp³-hybridized carbons (Fsp3) is 0.261. The van der Waals surface area contributed by atoms with Gasteiger partial charge in [0.1, 0.15) is 0 Å². The van der Waals surface area contributed by atoms with E-state index in [-0.39, 0.29) is 11.8 Å². The normalized spacial score (nSPS) is 10.9. The van der Waals surface area contributed by atoms with Crippen LogP contribution in [0.3, 0.4) is 0 Å². The van der Waals surface area contributed by atoms with Crippen molar-refractivity contribution in [3.8, 4) is 0 Å². The molecule has 3 rings (SSSR count). The van der Waals surface area contributed by atoms with Gasteiger partial charge in [0.15, 0.2) is 0 Å². The number of hydrogen-bond donors (Lipinski definition) is 0. The molecule has 1 amide bonds. The van der Waals surface area contributed by atoms with E-state index in [0.29, 0.717) is 26.1 Å². The summed E-state index contributed by atoms with van der Waals surface area (Å²) in [5.41, 5.74) is 3.27. The standard InChI is InChI=1S/C23H25NO3/c1-26-15-13-24(17-19-12-14-27-18-19)23(25)16-22(20-8-4-2-5-9-20)21-10-6-3-7-11-21/h2-12,14,18,22H,13,15-17H2,1H3. The maximum Gasteiger partial charge on any atom is 0.223 e. The lowest BCUT2D eigenvalue weighted by Gasteiger charge is -2.25. The second kappa shape index (κ2) is 9.74. The Morgan fingerprint density at radius 2 is 1.63 bits per heavy atom. The van der Waals surface area contributed by atoms with E-state index in [1.54, 1.807) is 19.6 Å². The van der Waals surface area contributed by atoms with Crippen LogP contribution in [0.25, 0.3) is 0 Å². The number of rotatable bonds is 9. The first kappa shape index (κ1) is 18.9. The summed E-state index contributed by atoms with van der Waals surface area (Å²) in [6.07, 6.45) is 3.72. The number of amides is 1. The van der Waals surface area contributed by atoms with Gasteiger partial charge in [-0.25, -0.2) is 0 Å². The average molecular weight is 363 g/mol. The minimum absolute atomic E-state index is 0.0225. The van der Waals surface area contributed by atoms with Crippen molar-refractivity contribution < 1.29 is 13.9 Å². The van der Waals surface area contributed by atoms with E-state index < -0.39 is 0 Å². The number of methoxy groups -OCH3 is 1. The lowest BCUT2D eigenvalue weighted by atomic mass is 9.88. The summed E-state index contributed by atoms with van der Waals surface area (Å²) >= 11 is 0. The molecule has 27 heavy (non-hydrogen) atoms. The molecule has 0 saturated heterocycles. The van der Waals surface area contributed by atoms with Crippen LogP contribution in [0.5, 0.6) is 0 Å². The number of furan rings is 1. The van der Waals surface area contributed by atoms with Crippen LogP contribution >= 0.6 is 0 Å². The van der Waals surface area contributed by atoms with Crippen molar-refractivity contribution >= 4 is 5.91 Å². The Balaban J connectivity index is 1.81. The van der Waals surface area contributed by atoms with Crippen LogP contribution in [-0.4, -0.2) is 31.1 Å². The van der Waals surface area contributed by atoms with Crippen molar-refractivity contribution in [3.63, 3.8) is 0 Å². The molecule has 4 heteroatoms. The summed E-state index contributed by atoms with van der Waals surface area (Å²) in [5, 5.41) is 0. The first-order valence-corrected chi connectivity index (χ1v) is 9.15. The van der Waals surface area contributed by atoms with Crippen molar-refractivity contribution in [1.82, 2.24) is 4.90 Å². The number of nitrogens with zero attached hydrogens (tertiary/aromatic N) is 1. The molecule has 4 nitrogen and oxygen atoms in total. The number of carbonyl (C=O) groups is 1. The molecule has 0 spiro atoms. The van der Waals surface area contributed by atoms with Gasteiger partial charge in [0, 0.05) is 38.1 Å². The maximum atomic E-state index is 13.2. The predicted octanol–water partition coefficient (Wildman–Crippen LogP) is 4.48. The molecule has 3 aromatic rings. The first-order chi connectivity index (χ1) is 13.3. The second-order valence-corrected chi connectivity index (χ2v) is 6.52. The third-order valence-electron chi connectivity index (χ3n) is 4.65. The summed E-state index contributed by atoms with van der Waals surface area (Å²) in [6, 6.07) is 22.3. The van der Waals surface area contributed by atoms with Crippen LogP contribution in [0, 0.1) is 0 Å². The molecule has 0 aliphatic rings. The summed E-state index contributed by atoms with van der Waals surface area (Å²) in [4.78, 5) is 15.0. The molecule has 0 atom stereocenters. The molecule has 0 aliphatic carbocycles. The first-order valence-electron chi connectivity index (χ1n) is 9.15. The Kier molecular flexibility index (Phi) is 6.83. The van der Waals surface area contributed by atoms with Crippen molar-refractivity contribution in [3.05, 3.63) is 95.9 Å². The highest BCUT2D eigenvalue weighted by Crippen LogP contribution is 2.28. The quantitative estimate of drug-likeness (QED) is 0.563. The zero-order chi connectivity index (χ0) is 18.9. The minimum Gasteiger partial charge on any atom is -0.472 e. The van der Waals surface area contributed by atoms with Gasteiger partial charge in [-0.2, -0.15) is 0 Å². The smallest absolute Gasteiger partial charge is 0.223 e. The Labute approximate surface area is 160 Å². The zero-order valence-electron chi connectivity index (χ0n) is 15.6. The van der Waals surface area contributed by atoms with E-state index in [0.717, 1.165) is 16.7 Å². The molecular formula is C23H25NO3. The van der Waals surface area contributed by atoms with Gasteiger partial charge in [-0.3, -0.25) is 4.79 Å². The summed E-state index contributed by atoms with van der Waals surface area (Å²) in [6.45, 7) is 1.58. The Morgan fingerprint density at radius 1 is 1.00 bits per heavy atom. The van der Waals surface area contributed by atoms with E-state index in [9.17, 15) is 4.79 Å². The van der Waals surface area contributed by atoms with E-state index in [2.05, 4.69) is 24.3 Å². The van der Waals surface area contributed by atoms with Crippen LogP contribution in [0.1, 0.15) is 29.0 Å². The molecule has 1 aromatic heterocycles. The van der Waals surface area contributed by atoms with Crippen LogP contribution in [-0.2, 0) is 16.1 Å². The molecule has 0 aliphatic heterocycles.